The van der Waals surface area contributed by atoms with E-state index in [0.717, 1.165) is 34.5 Å². The molecule has 5 rings (SSSR count). The second-order valence-electron chi connectivity index (χ2n) is 6.61. The van der Waals surface area contributed by atoms with E-state index in [-0.39, 0.29) is 0 Å². The molecule has 0 bridgehead atoms. The van der Waals surface area contributed by atoms with E-state index < -0.39 is 0 Å². The second kappa shape index (κ2) is 5.82. The van der Waals surface area contributed by atoms with Crippen LogP contribution in [0, 0.1) is 6.57 Å². The maximum atomic E-state index is 7.32. The average molecular weight is 336 g/mol. The summed E-state index contributed by atoms with van der Waals surface area (Å²) in [5, 5.41) is 0. The van der Waals surface area contributed by atoms with Crippen molar-refractivity contribution in [2.24, 2.45) is 0 Å². The largest absolute Gasteiger partial charge is 0.362 e. The molecule has 4 nitrogen and oxygen atoms in total. The number of nitrogens with zero attached hydrogens (tertiary/aromatic N) is 4. The lowest BCUT2D eigenvalue weighted by Gasteiger charge is -2.10. The van der Waals surface area contributed by atoms with Gasteiger partial charge in [-0.25, -0.2) is 9.38 Å². The molecule has 124 valence electrons. The molecule has 0 unspecified atom stereocenters. The molecule has 3 aromatic heterocycles. The van der Waals surface area contributed by atoms with Crippen LogP contribution in [0.25, 0.3) is 32.9 Å². The smallest absolute Gasteiger partial charge is 0.254 e. The van der Waals surface area contributed by atoms with Crippen molar-refractivity contribution in [3.8, 4) is 22.4 Å². The number of fused-ring (bicyclic) bond motifs is 2. The van der Waals surface area contributed by atoms with Crippen molar-refractivity contribution < 1.29 is 0 Å². The molecule has 4 heteroatoms. The van der Waals surface area contributed by atoms with Crippen molar-refractivity contribution in [3.63, 3.8) is 0 Å². The Morgan fingerprint density at radius 2 is 1.85 bits per heavy atom. The third kappa shape index (κ3) is 2.29. The number of benzene rings is 1. The summed E-state index contributed by atoms with van der Waals surface area (Å²) in [6.07, 6.45) is 9.00. The topological polar surface area (TPSA) is 34.5 Å². The minimum atomic E-state index is 0.518. The maximum Gasteiger partial charge on any atom is 0.254 e. The highest BCUT2D eigenvalue weighted by Gasteiger charge is 2.15. The third-order valence-corrected chi connectivity index (χ3v) is 5.09. The summed E-state index contributed by atoms with van der Waals surface area (Å²) in [5.74, 6) is 0.518. The van der Waals surface area contributed by atoms with Gasteiger partial charge in [-0.2, -0.15) is 0 Å². The van der Waals surface area contributed by atoms with Crippen molar-refractivity contribution in [2.45, 2.75) is 19.3 Å². The zero-order valence-corrected chi connectivity index (χ0v) is 14.2. The molecule has 0 aliphatic heterocycles. The SMILES string of the molecule is [C-]#[N+]c1cnc2ccc(-c3cccnc3-c3ccc4c(c3)CCC4)cn12. The molecule has 0 saturated carbocycles. The van der Waals surface area contributed by atoms with Crippen molar-refractivity contribution in [2.75, 3.05) is 0 Å². The molecule has 1 aliphatic rings. The van der Waals surface area contributed by atoms with Crippen molar-refractivity contribution >= 4 is 11.5 Å². The van der Waals surface area contributed by atoms with E-state index in [1.807, 2.05) is 35.0 Å². The molecular weight excluding hydrogens is 320 g/mol. The molecule has 0 atom stereocenters. The first-order chi connectivity index (χ1) is 12.8. The van der Waals surface area contributed by atoms with Gasteiger partial charge in [0, 0.05) is 29.0 Å². The first kappa shape index (κ1) is 14.9. The van der Waals surface area contributed by atoms with Crippen LogP contribution in [0.4, 0.5) is 5.82 Å². The number of rotatable bonds is 2. The van der Waals surface area contributed by atoms with Gasteiger partial charge in [0.15, 0.2) is 0 Å². The van der Waals surface area contributed by atoms with E-state index in [1.165, 1.54) is 24.0 Å². The summed E-state index contributed by atoms with van der Waals surface area (Å²) in [6.45, 7) is 7.32. The Kier molecular flexibility index (Phi) is 3.32. The Morgan fingerprint density at radius 3 is 2.77 bits per heavy atom. The van der Waals surface area contributed by atoms with E-state index in [1.54, 1.807) is 6.20 Å². The van der Waals surface area contributed by atoms with Gasteiger partial charge in [-0.05, 0) is 48.6 Å². The Morgan fingerprint density at radius 1 is 0.962 bits per heavy atom. The van der Waals surface area contributed by atoms with E-state index in [2.05, 4.69) is 39.1 Å². The molecule has 0 fully saturated rings. The van der Waals surface area contributed by atoms with Crippen LogP contribution in [0.1, 0.15) is 17.5 Å². The normalized spacial score (nSPS) is 12.9. The fraction of sp³-hybridized carbons (Fsp3) is 0.136. The molecule has 0 saturated heterocycles. The van der Waals surface area contributed by atoms with Crippen molar-refractivity contribution in [3.05, 3.63) is 83.6 Å². The lowest BCUT2D eigenvalue weighted by atomic mass is 9.98. The van der Waals surface area contributed by atoms with E-state index >= 15 is 0 Å². The highest BCUT2D eigenvalue weighted by atomic mass is 15.1. The maximum absolute atomic E-state index is 7.32. The molecule has 26 heavy (non-hydrogen) atoms. The van der Waals surface area contributed by atoms with Crippen molar-refractivity contribution in [1.29, 1.82) is 0 Å². The Hall–Kier alpha value is -3.45. The van der Waals surface area contributed by atoms with Crippen LogP contribution in [-0.2, 0) is 12.8 Å². The zero-order chi connectivity index (χ0) is 17.5. The van der Waals surface area contributed by atoms with Crippen LogP contribution >= 0.6 is 0 Å². The number of aromatic nitrogens is 3. The number of hydrogen-bond donors (Lipinski definition) is 0. The molecule has 3 heterocycles. The Labute approximate surface area is 151 Å². The number of aryl methyl sites for hydroxylation is 2. The monoisotopic (exact) mass is 336 g/mol. The first-order valence-corrected chi connectivity index (χ1v) is 8.75. The lowest BCUT2D eigenvalue weighted by molar-refractivity contribution is 0.912. The fourth-order valence-electron chi connectivity index (χ4n) is 3.80. The zero-order valence-electron chi connectivity index (χ0n) is 14.2. The molecule has 1 aliphatic carbocycles. The van der Waals surface area contributed by atoms with Gasteiger partial charge in [0.2, 0.25) is 5.65 Å². The summed E-state index contributed by atoms with van der Waals surface area (Å²) in [5.41, 5.74) is 7.92. The molecule has 4 aromatic rings. The highest BCUT2D eigenvalue weighted by Crippen LogP contribution is 2.33. The summed E-state index contributed by atoms with van der Waals surface area (Å²) in [6, 6.07) is 14.7. The standard InChI is InChI=1S/C22H16N4/c1-23-21-13-25-20-10-9-18(14-26(20)21)19-6-3-11-24-22(19)17-8-7-15-4-2-5-16(15)12-17/h3,6-14H,2,4-5H2. The van der Waals surface area contributed by atoms with Gasteiger partial charge in [0.25, 0.3) is 5.82 Å². The van der Waals surface area contributed by atoms with Gasteiger partial charge >= 0.3 is 0 Å². The molecule has 0 radical (unpaired) electrons. The number of hydrogen-bond acceptors (Lipinski definition) is 2. The average Bonchev–Trinajstić information content (AvgIpc) is 3.33. The van der Waals surface area contributed by atoms with Gasteiger partial charge in [-0.1, -0.05) is 24.8 Å². The van der Waals surface area contributed by atoms with Crippen LogP contribution in [0.5, 0.6) is 0 Å². The van der Waals surface area contributed by atoms with Crippen LogP contribution in [0.15, 0.2) is 61.1 Å². The fourth-order valence-corrected chi connectivity index (χ4v) is 3.80. The Balaban J connectivity index is 1.68. The molecule has 0 amide bonds. The number of imidazole rings is 1. The van der Waals surface area contributed by atoms with E-state index in [9.17, 15) is 0 Å². The van der Waals surface area contributed by atoms with Gasteiger partial charge < -0.3 is 4.85 Å². The van der Waals surface area contributed by atoms with Gasteiger partial charge in [-0.15, -0.1) is 0 Å². The minimum Gasteiger partial charge on any atom is -0.362 e. The van der Waals surface area contributed by atoms with Crippen LogP contribution in [0.3, 0.4) is 0 Å². The highest BCUT2D eigenvalue weighted by molar-refractivity contribution is 5.81. The third-order valence-electron chi connectivity index (χ3n) is 5.09. The predicted octanol–water partition coefficient (Wildman–Crippen LogP) is 5.10. The molecule has 0 N–H and O–H groups in total. The van der Waals surface area contributed by atoms with Gasteiger partial charge in [0.1, 0.15) is 0 Å². The molecular formula is C22H16N4. The quantitative estimate of drug-likeness (QED) is 0.477. The number of pyridine rings is 2. The lowest BCUT2D eigenvalue weighted by Crippen LogP contribution is -1.93. The van der Waals surface area contributed by atoms with E-state index in [0.29, 0.717) is 5.82 Å². The van der Waals surface area contributed by atoms with Crippen LogP contribution in [0.2, 0.25) is 0 Å². The molecule has 0 spiro atoms. The summed E-state index contributed by atoms with van der Waals surface area (Å²) >= 11 is 0. The predicted molar refractivity (Wildman–Crippen MR) is 102 cm³/mol. The molecule has 1 aromatic carbocycles. The van der Waals surface area contributed by atoms with Crippen LogP contribution < -0.4 is 0 Å². The van der Waals surface area contributed by atoms with Gasteiger partial charge in [0.05, 0.1) is 18.1 Å². The second-order valence-corrected chi connectivity index (χ2v) is 6.61. The van der Waals surface area contributed by atoms with Crippen molar-refractivity contribution in [1.82, 2.24) is 14.4 Å². The van der Waals surface area contributed by atoms with E-state index in [4.69, 9.17) is 6.57 Å². The summed E-state index contributed by atoms with van der Waals surface area (Å²) < 4.78 is 1.84. The first-order valence-electron chi connectivity index (χ1n) is 8.75. The minimum absolute atomic E-state index is 0.518. The Bertz CT molecular complexity index is 1180. The summed E-state index contributed by atoms with van der Waals surface area (Å²) in [7, 11) is 0. The summed E-state index contributed by atoms with van der Waals surface area (Å²) in [4.78, 5) is 12.5. The van der Waals surface area contributed by atoms with Crippen LogP contribution in [-0.4, -0.2) is 14.4 Å². The van der Waals surface area contributed by atoms with Gasteiger partial charge in [-0.3, -0.25) is 4.98 Å².